The van der Waals surface area contributed by atoms with Gasteiger partial charge < -0.3 is 14.6 Å². The van der Waals surface area contributed by atoms with Crippen molar-refractivity contribution in [3.8, 4) is 11.3 Å². The lowest BCUT2D eigenvalue weighted by Crippen LogP contribution is -2.20. The molecule has 1 atom stereocenters. The number of nitrogens with one attached hydrogen (secondary N) is 1. The second-order valence-corrected chi connectivity index (χ2v) is 11.9. The number of hydrogen-bond acceptors (Lipinski definition) is 6. The number of anilines is 2. The first-order chi connectivity index (χ1) is 14.3. The van der Waals surface area contributed by atoms with E-state index >= 15 is 0 Å². The van der Waals surface area contributed by atoms with Crippen molar-refractivity contribution < 1.29 is 9.30 Å². The predicted octanol–water partition coefficient (Wildman–Crippen LogP) is 5.45. The Morgan fingerprint density at radius 1 is 1.30 bits per heavy atom. The summed E-state index contributed by atoms with van der Waals surface area (Å²) in [6.07, 6.45) is 6.41. The zero-order chi connectivity index (χ0) is 21.3. The molecule has 3 aromatic rings. The van der Waals surface area contributed by atoms with Crippen molar-refractivity contribution in [3.05, 3.63) is 46.4 Å². The first-order valence-corrected chi connectivity index (χ1v) is 13.4. The molecular formula is C20H22BrClN5O2P. The molecule has 1 saturated heterocycles. The zero-order valence-corrected chi connectivity index (χ0v) is 19.9. The largest absolute Gasteiger partial charge is 0.356 e. The highest BCUT2D eigenvalue weighted by Crippen LogP contribution is 2.40. The molecule has 0 radical (unpaired) electrons. The quantitative estimate of drug-likeness (QED) is 0.363. The first-order valence-electron chi connectivity index (χ1n) is 9.63. The van der Waals surface area contributed by atoms with Crippen LogP contribution in [0.5, 0.6) is 0 Å². The number of benzene rings is 1. The Labute approximate surface area is 188 Å². The van der Waals surface area contributed by atoms with Gasteiger partial charge in [-0.2, -0.15) is 10.1 Å². The van der Waals surface area contributed by atoms with Gasteiger partial charge in [-0.05, 0) is 78.3 Å². The Morgan fingerprint density at radius 3 is 2.87 bits per heavy atom. The standard InChI is InChI=1S/C20H22BrClN5O2P/c1-30(2,28)17-11-13(16-8-9-24-27(16)18-5-3-4-10-29-18)6-7-15(17)25-19-14(21)12-23-20(22)26-19/h6-9,11-12,18H,3-5,10H2,1-2H3,(H,23,25,26). The minimum atomic E-state index is -2.61. The zero-order valence-electron chi connectivity index (χ0n) is 16.7. The van der Waals surface area contributed by atoms with E-state index in [0.29, 0.717) is 16.0 Å². The van der Waals surface area contributed by atoms with Gasteiger partial charge in [0.25, 0.3) is 0 Å². The fraction of sp³-hybridized carbons (Fsp3) is 0.350. The summed E-state index contributed by atoms with van der Waals surface area (Å²) in [6.45, 7) is 4.25. The van der Waals surface area contributed by atoms with Crippen LogP contribution in [0.25, 0.3) is 11.3 Å². The van der Waals surface area contributed by atoms with E-state index in [2.05, 4.69) is 36.3 Å². The van der Waals surface area contributed by atoms with Crippen LogP contribution in [0.1, 0.15) is 25.5 Å². The molecule has 3 heterocycles. The Kier molecular flexibility index (Phi) is 6.30. The highest BCUT2D eigenvalue weighted by molar-refractivity contribution is 9.10. The van der Waals surface area contributed by atoms with Gasteiger partial charge in [-0.3, -0.25) is 0 Å². The van der Waals surface area contributed by atoms with Gasteiger partial charge in [-0.15, -0.1) is 0 Å². The molecular weight excluding hydrogens is 489 g/mol. The van der Waals surface area contributed by atoms with Crippen LogP contribution in [0.4, 0.5) is 11.5 Å². The summed E-state index contributed by atoms with van der Waals surface area (Å²) in [6, 6.07) is 7.80. The van der Waals surface area contributed by atoms with Gasteiger partial charge in [0.05, 0.1) is 15.9 Å². The van der Waals surface area contributed by atoms with Crippen molar-refractivity contribution in [3.63, 3.8) is 0 Å². The Hall–Kier alpha value is -1.73. The predicted molar refractivity (Wildman–Crippen MR) is 124 cm³/mol. The fourth-order valence-electron chi connectivity index (χ4n) is 3.49. The van der Waals surface area contributed by atoms with E-state index in [9.17, 15) is 4.57 Å². The van der Waals surface area contributed by atoms with Gasteiger partial charge in [0.1, 0.15) is 13.0 Å². The van der Waals surface area contributed by atoms with Crippen molar-refractivity contribution in [1.29, 1.82) is 0 Å². The average Bonchev–Trinajstić information content (AvgIpc) is 3.21. The third-order valence-corrected chi connectivity index (χ3v) is 7.23. The van der Waals surface area contributed by atoms with Crippen LogP contribution in [-0.4, -0.2) is 39.7 Å². The SMILES string of the molecule is CP(C)(=O)c1cc(-c2ccnn2C2CCCCO2)ccc1Nc1nc(Cl)ncc1Br. The number of rotatable bonds is 5. The summed E-state index contributed by atoms with van der Waals surface area (Å²) >= 11 is 9.36. The summed E-state index contributed by atoms with van der Waals surface area (Å²) in [5.74, 6) is 0.512. The van der Waals surface area contributed by atoms with Crippen LogP contribution < -0.4 is 10.6 Å². The maximum absolute atomic E-state index is 13.1. The second kappa shape index (κ2) is 8.79. The van der Waals surface area contributed by atoms with E-state index in [-0.39, 0.29) is 11.5 Å². The van der Waals surface area contributed by atoms with Gasteiger partial charge in [0.15, 0.2) is 6.23 Å². The highest BCUT2D eigenvalue weighted by atomic mass is 79.9. The van der Waals surface area contributed by atoms with Crippen molar-refractivity contribution >= 4 is 51.5 Å². The molecule has 0 spiro atoms. The van der Waals surface area contributed by atoms with E-state index in [4.69, 9.17) is 16.3 Å². The molecule has 4 rings (SSSR count). The molecule has 10 heteroatoms. The monoisotopic (exact) mass is 509 g/mol. The molecule has 1 N–H and O–H groups in total. The first kappa shape index (κ1) is 21.5. The fourth-order valence-corrected chi connectivity index (χ4v) is 5.08. The smallest absolute Gasteiger partial charge is 0.224 e. The van der Waals surface area contributed by atoms with Crippen molar-refractivity contribution in [2.24, 2.45) is 0 Å². The summed E-state index contributed by atoms with van der Waals surface area (Å²) in [5.41, 5.74) is 2.59. The maximum atomic E-state index is 13.1. The summed E-state index contributed by atoms with van der Waals surface area (Å²) in [7, 11) is -2.61. The van der Waals surface area contributed by atoms with Crippen molar-refractivity contribution in [1.82, 2.24) is 19.7 Å². The molecule has 0 amide bonds. The number of ether oxygens (including phenoxy) is 1. The van der Waals surface area contributed by atoms with Gasteiger partial charge in [0, 0.05) is 29.9 Å². The van der Waals surface area contributed by atoms with Crippen LogP contribution in [0.3, 0.4) is 0 Å². The summed E-state index contributed by atoms with van der Waals surface area (Å²) < 4.78 is 21.6. The Balaban J connectivity index is 1.74. The Morgan fingerprint density at radius 2 is 2.13 bits per heavy atom. The second-order valence-electron chi connectivity index (χ2n) is 7.53. The summed E-state index contributed by atoms with van der Waals surface area (Å²) in [5, 5.41) is 8.58. The molecule has 0 bridgehead atoms. The van der Waals surface area contributed by atoms with Crippen LogP contribution in [-0.2, 0) is 9.30 Å². The molecule has 7 nitrogen and oxygen atoms in total. The topological polar surface area (TPSA) is 81.9 Å². The number of aromatic nitrogens is 4. The van der Waals surface area contributed by atoms with Crippen LogP contribution in [0.15, 0.2) is 41.1 Å². The number of hydrogen-bond donors (Lipinski definition) is 1. The normalized spacial score (nSPS) is 17.1. The van der Waals surface area contributed by atoms with Crippen LogP contribution in [0, 0.1) is 0 Å². The van der Waals surface area contributed by atoms with Gasteiger partial charge in [-0.25, -0.2) is 9.67 Å². The summed E-state index contributed by atoms with van der Waals surface area (Å²) in [4.78, 5) is 8.16. The Bertz CT molecular complexity index is 1110. The van der Waals surface area contributed by atoms with E-state index < -0.39 is 7.14 Å². The van der Waals surface area contributed by atoms with Gasteiger partial charge in [-0.1, -0.05) is 6.07 Å². The molecule has 1 aliphatic heterocycles. The third-order valence-electron chi connectivity index (χ3n) is 4.94. The lowest BCUT2D eigenvalue weighted by atomic mass is 10.1. The molecule has 1 aliphatic rings. The molecule has 2 aromatic heterocycles. The molecule has 0 aliphatic carbocycles. The third kappa shape index (κ3) is 4.62. The van der Waals surface area contributed by atoms with Crippen molar-refractivity contribution in [2.45, 2.75) is 25.5 Å². The highest BCUT2D eigenvalue weighted by Gasteiger charge is 2.22. The minimum absolute atomic E-state index is 0.0702. The lowest BCUT2D eigenvalue weighted by Gasteiger charge is -2.25. The van der Waals surface area contributed by atoms with Crippen molar-refractivity contribution in [2.75, 3.05) is 25.3 Å². The van der Waals surface area contributed by atoms with Gasteiger partial charge in [0.2, 0.25) is 5.28 Å². The minimum Gasteiger partial charge on any atom is -0.356 e. The van der Waals surface area contributed by atoms with Crippen LogP contribution >= 0.6 is 34.7 Å². The molecule has 1 unspecified atom stereocenters. The number of nitrogens with zero attached hydrogens (tertiary/aromatic N) is 4. The number of halogens is 2. The van der Waals surface area contributed by atoms with E-state index in [0.717, 1.165) is 42.4 Å². The van der Waals surface area contributed by atoms with E-state index in [1.165, 1.54) is 0 Å². The van der Waals surface area contributed by atoms with Gasteiger partial charge >= 0.3 is 0 Å². The molecule has 0 saturated carbocycles. The lowest BCUT2D eigenvalue weighted by molar-refractivity contribution is -0.0383. The molecule has 158 valence electrons. The molecule has 1 aromatic carbocycles. The van der Waals surface area contributed by atoms with E-state index in [1.54, 1.807) is 25.7 Å². The van der Waals surface area contributed by atoms with E-state index in [1.807, 2.05) is 28.9 Å². The molecule has 30 heavy (non-hydrogen) atoms. The maximum Gasteiger partial charge on any atom is 0.224 e. The average molecular weight is 511 g/mol. The van der Waals surface area contributed by atoms with Crippen LogP contribution in [0.2, 0.25) is 5.28 Å². The molecule has 1 fully saturated rings.